The number of phenolic OH excluding ortho intramolecular Hbond substituents is 2. The van der Waals surface area contributed by atoms with Crippen LogP contribution in [0.5, 0.6) is 23.0 Å². The fourth-order valence-electron chi connectivity index (χ4n) is 4.18. The molecule has 0 aromatic heterocycles. The number of carbonyl (C=O) groups is 1. The molecule has 29 heavy (non-hydrogen) atoms. The summed E-state index contributed by atoms with van der Waals surface area (Å²) in [5.74, 6) is -0.275. The first kappa shape index (κ1) is 18.7. The Balaban J connectivity index is 1.91. The summed E-state index contributed by atoms with van der Waals surface area (Å²) < 4.78 is 11.9. The van der Waals surface area contributed by atoms with E-state index in [1.54, 1.807) is 25.1 Å². The number of carbonyl (C=O) groups excluding carboxylic acids is 1. The molecule has 148 valence electrons. The molecule has 3 aliphatic rings. The quantitative estimate of drug-likeness (QED) is 0.433. The Labute approximate surface area is 180 Å². The maximum Gasteiger partial charge on any atom is 0.335 e. The fourth-order valence-corrected chi connectivity index (χ4v) is 5.17. The van der Waals surface area contributed by atoms with E-state index in [9.17, 15) is 15.0 Å². The zero-order valence-electron chi connectivity index (χ0n) is 14.9. The molecule has 1 saturated heterocycles. The number of aromatic hydroxyl groups is 2. The van der Waals surface area contributed by atoms with E-state index in [-0.39, 0.29) is 23.0 Å². The van der Waals surface area contributed by atoms with Crippen LogP contribution >= 0.6 is 34.8 Å². The van der Waals surface area contributed by atoms with Gasteiger partial charge >= 0.3 is 5.97 Å². The molecule has 1 spiro atoms. The van der Waals surface area contributed by atoms with Gasteiger partial charge in [0.2, 0.25) is 0 Å². The van der Waals surface area contributed by atoms with Crippen molar-refractivity contribution in [2.75, 3.05) is 0 Å². The Hall–Kier alpha value is -2.34. The van der Waals surface area contributed by atoms with Crippen molar-refractivity contribution in [1.82, 2.24) is 0 Å². The van der Waals surface area contributed by atoms with Crippen molar-refractivity contribution in [2.45, 2.75) is 22.8 Å². The molecule has 0 amide bonds. The summed E-state index contributed by atoms with van der Waals surface area (Å²) in [7, 11) is 0. The van der Waals surface area contributed by atoms with Gasteiger partial charge in [0.15, 0.2) is 10.5 Å². The lowest BCUT2D eigenvalue weighted by Gasteiger charge is -2.39. The van der Waals surface area contributed by atoms with Crippen LogP contribution < -0.4 is 4.74 Å². The Morgan fingerprint density at radius 3 is 2.14 bits per heavy atom. The first-order valence-electron chi connectivity index (χ1n) is 8.69. The maximum atomic E-state index is 13.1. The average molecular weight is 452 g/mol. The SMILES string of the molecule is CC1=C(Cl)C=C2C3(OC(=O)C2(Cl)C1Cl)c1ccc(O)cc1Oc1cc(O)ccc13. The number of hydrogen-bond acceptors (Lipinski definition) is 5. The molecule has 2 aliphatic heterocycles. The van der Waals surface area contributed by atoms with E-state index in [0.717, 1.165) is 0 Å². The topological polar surface area (TPSA) is 76.0 Å². The zero-order valence-corrected chi connectivity index (χ0v) is 17.1. The van der Waals surface area contributed by atoms with Crippen LogP contribution in [0, 0.1) is 0 Å². The van der Waals surface area contributed by atoms with E-state index < -0.39 is 21.8 Å². The molecule has 1 fully saturated rings. The van der Waals surface area contributed by atoms with E-state index in [0.29, 0.717) is 27.3 Å². The number of phenols is 2. The van der Waals surface area contributed by atoms with Gasteiger partial charge in [0, 0.05) is 33.9 Å². The van der Waals surface area contributed by atoms with Crippen molar-refractivity contribution in [1.29, 1.82) is 0 Å². The van der Waals surface area contributed by atoms with E-state index in [4.69, 9.17) is 44.3 Å². The summed E-state index contributed by atoms with van der Waals surface area (Å²) in [6.45, 7) is 1.71. The normalized spacial score (nSPS) is 26.3. The van der Waals surface area contributed by atoms with E-state index in [1.165, 1.54) is 24.3 Å². The highest BCUT2D eigenvalue weighted by atomic mass is 35.5. The molecular formula is C21H13Cl3O5. The van der Waals surface area contributed by atoms with E-state index >= 15 is 0 Å². The number of alkyl halides is 2. The van der Waals surface area contributed by atoms with Crippen molar-refractivity contribution in [3.8, 4) is 23.0 Å². The summed E-state index contributed by atoms with van der Waals surface area (Å²) >= 11 is 19.9. The summed E-state index contributed by atoms with van der Waals surface area (Å²) in [5, 5.41) is 19.3. The molecule has 2 unspecified atom stereocenters. The third kappa shape index (κ3) is 2.21. The molecule has 2 heterocycles. The van der Waals surface area contributed by atoms with Crippen LogP contribution in [0.15, 0.2) is 58.7 Å². The van der Waals surface area contributed by atoms with Gasteiger partial charge in [-0.3, -0.25) is 0 Å². The van der Waals surface area contributed by atoms with Crippen molar-refractivity contribution >= 4 is 40.8 Å². The summed E-state index contributed by atoms with van der Waals surface area (Å²) in [6, 6.07) is 8.91. The molecular weight excluding hydrogens is 439 g/mol. The second-order valence-electron chi connectivity index (χ2n) is 7.20. The first-order chi connectivity index (χ1) is 13.7. The van der Waals surface area contributed by atoms with Crippen LogP contribution in [-0.2, 0) is 15.1 Å². The van der Waals surface area contributed by atoms with E-state index in [1.807, 2.05) is 0 Å². The van der Waals surface area contributed by atoms with Crippen LogP contribution in [-0.4, -0.2) is 26.4 Å². The lowest BCUT2D eigenvalue weighted by Crippen LogP contribution is -2.44. The highest BCUT2D eigenvalue weighted by molar-refractivity contribution is 6.45. The van der Waals surface area contributed by atoms with Crippen molar-refractivity contribution < 1.29 is 24.5 Å². The molecule has 0 radical (unpaired) electrons. The molecule has 1 aliphatic carbocycles. The minimum atomic E-state index is -1.67. The number of ether oxygens (including phenoxy) is 2. The van der Waals surface area contributed by atoms with Crippen LogP contribution in [0.25, 0.3) is 0 Å². The molecule has 2 aromatic carbocycles. The van der Waals surface area contributed by atoms with Gasteiger partial charge in [-0.1, -0.05) is 23.2 Å². The second-order valence-corrected chi connectivity index (χ2v) is 8.64. The summed E-state index contributed by atoms with van der Waals surface area (Å²) in [6.07, 6.45) is 1.60. The molecule has 5 nitrogen and oxygen atoms in total. The number of benzene rings is 2. The van der Waals surface area contributed by atoms with Crippen LogP contribution in [0.1, 0.15) is 18.1 Å². The average Bonchev–Trinajstić information content (AvgIpc) is 2.89. The predicted octanol–water partition coefficient (Wildman–Crippen LogP) is 5.04. The number of halogens is 3. The monoisotopic (exact) mass is 450 g/mol. The first-order valence-corrected chi connectivity index (χ1v) is 9.89. The Morgan fingerprint density at radius 1 is 1.03 bits per heavy atom. The summed E-state index contributed by atoms with van der Waals surface area (Å²) in [4.78, 5) is 11.5. The van der Waals surface area contributed by atoms with Gasteiger partial charge in [0.05, 0.1) is 5.38 Å². The van der Waals surface area contributed by atoms with Crippen LogP contribution in [0.3, 0.4) is 0 Å². The van der Waals surface area contributed by atoms with Crippen molar-refractivity contribution in [3.05, 3.63) is 69.8 Å². The third-order valence-electron chi connectivity index (χ3n) is 5.60. The lowest BCUT2D eigenvalue weighted by atomic mass is 9.72. The predicted molar refractivity (Wildman–Crippen MR) is 108 cm³/mol. The molecule has 2 atom stereocenters. The van der Waals surface area contributed by atoms with Crippen molar-refractivity contribution in [2.24, 2.45) is 0 Å². The van der Waals surface area contributed by atoms with Gasteiger partial charge in [-0.15, -0.1) is 11.6 Å². The number of esters is 1. The number of hydrogen-bond donors (Lipinski definition) is 2. The number of allylic oxidation sites excluding steroid dienone is 3. The Morgan fingerprint density at radius 2 is 1.59 bits per heavy atom. The largest absolute Gasteiger partial charge is 0.508 e. The molecule has 2 aromatic rings. The van der Waals surface area contributed by atoms with E-state index in [2.05, 4.69) is 0 Å². The number of fused-ring (bicyclic) bond motifs is 6. The maximum absolute atomic E-state index is 13.1. The molecule has 0 bridgehead atoms. The van der Waals surface area contributed by atoms with Gasteiger partial charge in [0.25, 0.3) is 0 Å². The smallest absolute Gasteiger partial charge is 0.335 e. The van der Waals surface area contributed by atoms with Gasteiger partial charge in [-0.2, -0.15) is 0 Å². The van der Waals surface area contributed by atoms with Gasteiger partial charge in [-0.25, -0.2) is 4.79 Å². The Kier molecular flexibility index (Phi) is 3.77. The zero-order chi connectivity index (χ0) is 20.7. The highest BCUT2D eigenvalue weighted by Crippen LogP contribution is 2.63. The van der Waals surface area contributed by atoms with Gasteiger partial charge in [-0.05, 0) is 42.8 Å². The molecule has 2 N–H and O–H groups in total. The lowest BCUT2D eigenvalue weighted by molar-refractivity contribution is -0.147. The number of rotatable bonds is 0. The molecule has 8 heteroatoms. The highest BCUT2D eigenvalue weighted by Gasteiger charge is 2.68. The van der Waals surface area contributed by atoms with Crippen LogP contribution in [0.4, 0.5) is 0 Å². The molecule has 5 rings (SSSR count). The van der Waals surface area contributed by atoms with Gasteiger partial charge < -0.3 is 19.7 Å². The second kappa shape index (κ2) is 5.85. The van der Waals surface area contributed by atoms with Crippen LogP contribution in [0.2, 0.25) is 0 Å². The minimum absolute atomic E-state index is 0.0365. The third-order valence-corrected chi connectivity index (χ3v) is 7.35. The Bertz CT molecular complexity index is 1120. The van der Waals surface area contributed by atoms with Crippen molar-refractivity contribution in [3.63, 3.8) is 0 Å². The molecule has 0 saturated carbocycles. The standard InChI is InChI=1S/C21H13Cl3O5/c1-9-14(22)8-17-20(24,18(9)23)19(27)29-21(17)12-4-2-10(25)6-15(12)28-16-7-11(26)3-5-13(16)21/h2-8,18,25-26H,1H3. The van der Waals surface area contributed by atoms with Gasteiger partial charge in [0.1, 0.15) is 23.0 Å². The minimum Gasteiger partial charge on any atom is -0.508 e. The fraction of sp³-hybridized carbons (Fsp3) is 0.190. The summed E-state index contributed by atoms with van der Waals surface area (Å²) in [5.41, 5.74) is 0.364.